The zero-order valence-electron chi connectivity index (χ0n) is 33.8. The molecule has 2 aliphatic rings. The number of hydrogen-bond donors (Lipinski definition) is 0. The van der Waals surface area contributed by atoms with Crippen LogP contribution < -0.4 is 9.47 Å². The quantitative estimate of drug-likeness (QED) is 0.0853. The van der Waals surface area contributed by atoms with Crippen LogP contribution >= 0.6 is 0 Å². The summed E-state index contributed by atoms with van der Waals surface area (Å²) in [7, 11) is 0. The lowest BCUT2D eigenvalue weighted by atomic mass is 9.73. The largest absolute Gasteiger partial charge is 0.491 e. The zero-order chi connectivity index (χ0) is 36.7. The van der Waals surface area contributed by atoms with Crippen molar-refractivity contribution in [1.82, 2.24) is 0 Å². The minimum absolute atomic E-state index is 0.0301. The molecule has 0 aliphatic carbocycles. The smallest absolute Gasteiger partial charge is 0.126 e. The van der Waals surface area contributed by atoms with Crippen LogP contribution in [0.5, 0.6) is 11.5 Å². The molecule has 2 aliphatic heterocycles. The first-order valence-electron chi connectivity index (χ1n) is 19.6. The van der Waals surface area contributed by atoms with Crippen molar-refractivity contribution in [2.24, 2.45) is 0 Å². The summed E-state index contributed by atoms with van der Waals surface area (Å²) >= 11 is 0. The fourth-order valence-corrected chi connectivity index (χ4v) is 6.20. The van der Waals surface area contributed by atoms with Gasteiger partial charge < -0.3 is 28.4 Å². The van der Waals surface area contributed by atoms with Gasteiger partial charge in [-0.2, -0.15) is 0 Å². The number of ether oxygens (including phenoxy) is 6. The molecular weight excluding hydrogens is 624 g/mol. The monoisotopic (exact) mass is 695 g/mol. The van der Waals surface area contributed by atoms with Crippen LogP contribution in [0.3, 0.4) is 0 Å². The molecule has 0 saturated carbocycles. The van der Waals surface area contributed by atoms with E-state index in [1.807, 2.05) is 0 Å². The summed E-state index contributed by atoms with van der Waals surface area (Å²) < 4.78 is 35.7. The van der Waals surface area contributed by atoms with E-state index in [4.69, 9.17) is 28.4 Å². The Kier molecular flexibility index (Phi) is 13.9. The molecule has 0 amide bonds. The molecule has 2 fully saturated rings. The molecule has 2 heterocycles. The molecular formula is C44H70O6. The Balaban J connectivity index is 1.68. The third-order valence-electron chi connectivity index (χ3n) is 11.8. The maximum absolute atomic E-state index is 6.68. The van der Waals surface area contributed by atoms with Gasteiger partial charge in [0.15, 0.2) is 0 Å². The minimum Gasteiger partial charge on any atom is -0.491 e. The molecule has 50 heavy (non-hydrogen) atoms. The topological polar surface area (TPSA) is 62.0 Å². The molecule has 2 aromatic rings. The van der Waals surface area contributed by atoms with Crippen molar-refractivity contribution in [1.29, 1.82) is 0 Å². The predicted molar refractivity (Wildman–Crippen MR) is 206 cm³/mol. The van der Waals surface area contributed by atoms with Gasteiger partial charge in [0.05, 0.1) is 39.6 Å². The summed E-state index contributed by atoms with van der Waals surface area (Å²) in [5.41, 5.74) is 7.84. The van der Waals surface area contributed by atoms with E-state index >= 15 is 0 Å². The highest BCUT2D eigenvalue weighted by molar-refractivity contribution is 5.53. The molecule has 0 aromatic heterocycles. The molecule has 4 rings (SSSR count). The molecule has 2 saturated heterocycles. The van der Waals surface area contributed by atoms with Crippen molar-refractivity contribution in [2.45, 2.75) is 155 Å². The second kappa shape index (κ2) is 17.1. The maximum atomic E-state index is 6.68. The average molecular weight is 695 g/mol. The highest BCUT2D eigenvalue weighted by atomic mass is 16.6. The van der Waals surface area contributed by atoms with Gasteiger partial charge in [0.1, 0.15) is 36.9 Å². The third kappa shape index (κ3) is 10.7. The van der Waals surface area contributed by atoms with E-state index in [1.165, 1.54) is 33.4 Å². The molecule has 2 unspecified atom stereocenters. The van der Waals surface area contributed by atoms with Gasteiger partial charge >= 0.3 is 0 Å². The third-order valence-corrected chi connectivity index (χ3v) is 11.8. The SMILES string of the molecule is CCC(C)(C)c1cc(CCc2cc(C(C)(C)CC)c(OCCOCC3CO3)c(C(C)(C)CC)c2)cc(C(C)(C)CC)c1OCCOCC1CO1. The van der Waals surface area contributed by atoms with E-state index in [1.54, 1.807) is 0 Å². The summed E-state index contributed by atoms with van der Waals surface area (Å²) in [6, 6.07) is 9.74. The molecule has 282 valence electrons. The van der Waals surface area contributed by atoms with Gasteiger partial charge in [0, 0.05) is 22.3 Å². The maximum Gasteiger partial charge on any atom is 0.126 e. The highest BCUT2D eigenvalue weighted by Crippen LogP contribution is 2.45. The van der Waals surface area contributed by atoms with E-state index in [9.17, 15) is 0 Å². The standard InChI is InChI=1S/C44H70O6/c1-13-41(5,6)35-23-31(24-36(42(7,8)14-2)39(35)47-21-19-45-27-33-29-49-33)17-18-32-25-37(43(9,10)15-3)40(38(26-32)44(11,12)16-4)48-22-20-46-28-34-30-50-34/h23-26,33-34H,13-22,27-30H2,1-12H3. The predicted octanol–water partition coefficient (Wildman–Crippen LogP) is 9.81. The van der Waals surface area contributed by atoms with Crippen LogP contribution in [0.25, 0.3) is 0 Å². The van der Waals surface area contributed by atoms with Crippen molar-refractivity contribution in [3.8, 4) is 11.5 Å². The molecule has 0 spiro atoms. The van der Waals surface area contributed by atoms with E-state index in [0.717, 1.165) is 63.2 Å². The van der Waals surface area contributed by atoms with E-state index in [-0.39, 0.29) is 33.9 Å². The van der Waals surface area contributed by atoms with Crippen LogP contribution in [0.1, 0.15) is 142 Å². The molecule has 0 bridgehead atoms. The van der Waals surface area contributed by atoms with Crippen LogP contribution in [0.2, 0.25) is 0 Å². The summed E-state index contributed by atoms with van der Waals surface area (Å²) in [4.78, 5) is 0. The first kappa shape index (κ1) is 40.6. The zero-order valence-corrected chi connectivity index (χ0v) is 33.8. The van der Waals surface area contributed by atoms with Crippen molar-refractivity contribution in [2.75, 3.05) is 52.9 Å². The van der Waals surface area contributed by atoms with Crippen LogP contribution in [0, 0.1) is 0 Å². The molecule has 2 atom stereocenters. The fourth-order valence-electron chi connectivity index (χ4n) is 6.20. The Labute approximate surface area is 305 Å². The summed E-state index contributed by atoms with van der Waals surface area (Å²) in [5, 5.41) is 0. The summed E-state index contributed by atoms with van der Waals surface area (Å²) in [5.74, 6) is 2.10. The first-order chi connectivity index (χ1) is 23.6. The second-order valence-corrected chi connectivity index (χ2v) is 17.2. The van der Waals surface area contributed by atoms with Crippen molar-refractivity contribution in [3.05, 3.63) is 57.6 Å². The number of epoxide rings is 2. The van der Waals surface area contributed by atoms with Gasteiger partial charge in [-0.05, 0) is 71.3 Å². The van der Waals surface area contributed by atoms with E-state index < -0.39 is 0 Å². The van der Waals surface area contributed by atoms with Crippen LogP contribution in [0.15, 0.2) is 24.3 Å². The lowest BCUT2D eigenvalue weighted by Crippen LogP contribution is -2.25. The van der Waals surface area contributed by atoms with Crippen molar-refractivity contribution in [3.63, 3.8) is 0 Å². The van der Waals surface area contributed by atoms with Gasteiger partial charge in [0.2, 0.25) is 0 Å². The lowest BCUT2D eigenvalue weighted by molar-refractivity contribution is 0.0865. The van der Waals surface area contributed by atoms with Gasteiger partial charge in [-0.15, -0.1) is 0 Å². The normalized spacial score (nSPS) is 18.0. The van der Waals surface area contributed by atoms with Crippen molar-refractivity contribution >= 4 is 0 Å². The molecule has 0 N–H and O–H groups in total. The average Bonchev–Trinajstić information content (AvgIpc) is 4.03. The Morgan fingerprint density at radius 2 is 0.780 bits per heavy atom. The second-order valence-electron chi connectivity index (χ2n) is 17.2. The van der Waals surface area contributed by atoms with Crippen LogP contribution in [-0.2, 0) is 53.4 Å². The molecule has 0 radical (unpaired) electrons. The molecule has 6 nitrogen and oxygen atoms in total. The van der Waals surface area contributed by atoms with E-state index in [0.29, 0.717) is 39.6 Å². The molecule has 6 heteroatoms. The van der Waals surface area contributed by atoms with Gasteiger partial charge in [-0.1, -0.05) is 107 Å². The van der Waals surface area contributed by atoms with Gasteiger partial charge in [0.25, 0.3) is 0 Å². The minimum atomic E-state index is -0.0301. The van der Waals surface area contributed by atoms with E-state index in [2.05, 4.69) is 107 Å². The van der Waals surface area contributed by atoms with Gasteiger partial charge in [-0.25, -0.2) is 0 Å². The number of aryl methyl sites for hydroxylation is 2. The highest BCUT2D eigenvalue weighted by Gasteiger charge is 2.33. The Morgan fingerprint density at radius 1 is 0.500 bits per heavy atom. The van der Waals surface area contributed by atoms with Crippen LogP contribution in [-0.4, -0.2) is 65.1 Å². The number of benzene rings is 2. The Morgan fingerprint density at radius 3 is 1.02 bits per heavy atom. The Bertz CT molecular complexity index is 1200. The number of rotatable bonds is 23. The van der Waals surface area contributed by atoms with Gasteiger partial charge in [-0.3, -0.25) is 0 Å². The lowest BCUT2D eigenvalue weighted by Gasteiger charge is -2.34. The Hall–Kier alpha value is -2.12. The fraction of sp³-hybridized carbons (Fsp3) is 0.727. The molecule has 2 aromatic carbocycles. The summed E-state index contributed by atoms with van der Waals surface area (Å²) in [6.07, 6.45) is 6.56. The number of hydrogen-bond acceptors (Lipinski definition) is 6. The van der Waals surface area contributed by atoms with Crippen LogP contribution in [0.4, 0.5) is 0 Å². The first-order valence-corrected chi connectivity index (χ1v) is 19.6. The van der Waals surface area contributed by atoms with Crippen molar-refractivity contribution < 1.29 is 28.4 Å². The summed E-state index contributed by atoms with van der Waals surface area (Å²) in [6.45, 7) is 33.1.